The highest BCUT2D eigenvalue weighted by molar-refractivity contribution is 6.34. The molecule has 404 valence electrons. The maximum atomic E-state index is 16.5. The van der Waals surface area contributed by atoms with Crippen LogP contribution < -0.4 is 30.7 Å². The van der Waals surface area contributed by atoms with E-state index >= 15 is 22.0 Å². The molecule has 0 radical (unpaired) electrons. The summed E-state index contributed by atoms with van der Waals surface area (Å²) in [6, 6.07) is 13.4. The fraction of sp³-hybridized carbons (Fsp3) is 0.473. The number of halogens is 6. The van der Waals surface area contributed by atoms with Crippen molar-refractivity contribution in [3.05, 3.63) is 105 Å². The molecule has 1 aromatic heterocycles. The molecule has 10 rings (SSSR count). The quantitative estimate of drug-likeness (QED) is 0.0796. The number of aryl methyl sites for hydroxylation is 1. The second kappa shape index (κ2) is 21.6. The Morgan fingerprint density at radius 2 is 1.67 bits per heavy atom. The number of hydrogen-bond acceptors (Lipinski definition) is 10. The van der Waals surface area contributed by atoms with Crippen LogP contribution in [0.25, 0.3) is 22.0 Å². The molecule has 4 fully saturated rings. The molecule has 4 aliphatic heterocycles. The molecule has 76 heavy (non-hydrogen) atoms. The van der Waals surface area contributed by atoms with E-state index < -0.39 is 76.4 Å². The number of alkyl halides is 1. The molecule has 1 aliphatic carbocycles. The van der Waals surface area contributed by atoms with Crippen LogP contribution in [0.1, 0.15) is 97.2 Å². The standard InChI is InChI=1S/C55H60ClF5N8O7/c1-29-43-41(25-38(58)47(56)46(43)45-35(51(62)72)12-13-40(48(45)60)75-23-22-70)76-55(29,33-6-4-3-5-7-33)28-63-34-10-8-31(9-11-34)53(73)68-20-16-32(39(59)27-68)26-67-18-14-30(15-19-67)44-37(57)24-36-50(49(44)61)66(2)65-52(36)69-21-17-42(71)64-54(69)74/h3-7,12-13,24-25,29-32,34,39,63,70H,8-11,14-23,26-28H2,1-2H3,(H2,62,72)(H,64,71,74). The van der Waals surface area contributed by atoms with Crippen LogP contribution in [-0.4, -0.2) is 120 Å². The molecule has 21 heteroatoms. The molecule has 0 spiro atoms. The van der Waals surface area contributed by atoms with E-state index in [0.29, 0.717) is 76.7 Å². The minimum absolute atomic E-state index is 0.0105. The Hall–Kier alpha value is -6.35. The van der Waals surface area contributed by atoms with Gasteiger partial charge in [-0.2, -0.15) is 5.10 Å². The smallest absolute Gasteiger partial charge is 0.329 e. The average molecular weight is 1080 g/mol. The highest BCUT2D eigenvalue weighted by Crippen LogP contribution is 2.57. The van der Waals surface area contributed by atoms with Gasteiger partial charge in [0.1, 0.15) is 35.7 Å². The fourth-order valence-electron chi connectivity index (χ4n) is 12.4. The van der Waals surface area contributed by atoms with E-state index in [9.17, 15) is 24.3 Å². The number of carbonyl (C=O) groups excluding carboxylic acids is 4. The van der Waals surface area contributed by atoms with Crippen molar-refractivity contribution < 1.29 is 55.7 Å². The van der Waals surface area contributed by atoms with Crippen LogP contribution in [0, 0.1) is 35.1 Å². The van der Waals surface area contributed by atoms with Gasteiger partial charge in [0.2, 0.25) is 17.7 Å². The second-order valence-corrected chi connectivity index (χ2v) is 21.2. The normalized spacial score (nSPS) is 24.4. The first-order chi connectivity index (χ1) is 36.5. The Morgan fingerprint density at radius 3 is 2.36 bits per heavy atom. The van der Waals surface area contributed by atoms with E-state index in [4.69, 9.17) is 26.8 Å². The van der Waals surface area contributed by atoms with Gasteiger partial charge in [-0.05, 0) is 87.7 Å². The molecule has 15 nitrogen and oxygen atoms in total. The molecule has 5 amide bonds. The minimum Gasteiger partial charge on any atom is -0.488 e. The zero-order valence-electron chi connectivity index (χ0n) is 42.2. The number of amides is 5. The number of piperidine rings is 2. The first-order valence-corrected chi connectivity index (χ1v) is 26.3. The minimum atomic E-state index is -1.25. The average Bonchev–Trinajstić information content (AvgIpc) is 3.96. The van der Waals surface area contributed by atoms with Crippen molar-refractivity contribution in [2.45, 2.75) is 87.9 Å². The number of benzene rings is 4. The second-order valence-electron chi connectivity index (χ2n) is 20.8. The summed E-state index contributed by atoms with van der Waals surface area (Å²) in [5.41, 5.74) is 5.00. The number of imide groups is 1. The number of carbonyl (C=O) groups is 4. The lowest BCUT2D eigenvalue weighted by atomic mass is 9.77. The summed E-state index contributed by atoms with van der Waals surface area (Å²) in [4.78, 5) is 56.0. The number of likely N-dealkylation sites (tertiary alicyclic amines) is 2. The Bertz CT molecular complexity index is 3080. The van der Waals surface area contributed by atoms with Crippen LogP contribution in [0.4, 0.5) is 32.6 Å². The van der Waals surface area contributed by atoms with Crippen LogP contribution in [0.2, 0.25) is 5.02 Å². The van der Waals surface area contributed by atoms with E-state index in [2.05, 4.69) is 20.6 Å². The number of rotatable bonds is 14. The largest absolute Gasteiger partial charge is 0.488 e. The van der Waals surface area contributed by atoms with Crippen molar-refractivity contribution in [3.8, 4) is 22.6 Å². The summed E-state index contributed by atoms with van der Waals surface area (Å²) >= 11 is 6.70. The maximum Gasteiger partial charge on any atom is 0.329 e. The van der Waals surface area contributed by atoms with Crippen molar-refractivity contribution in [3.63, 3.8) is 0 Å². The highest BCUT2D eigenvalue weighted by Gasteiger charge is 2.50. The molecule has 1 saturated carbocycles. The third-order valence-corrected chi connectivity index (χ3v) is 16.8. The number of ether oxygens (including phenoxy) is 2. The topological polar surface area (TPSA) is 185 Å². The summed E-state index contributed by atoms with van der Waals surface area (Å²) in [6.45, 7) is 3.35. The number of hydrogen-bond donors (Lipinski definition) is 4. The number of nitrogens with zero attached hydrogens (tertiary/aromatic N) is 5. The molecule has 4 unspecified atom stereocenters. The first-order valence-electron chi connectivity index (χ1n) is 26.0. The number of anilines is 1. The van der Waals surface area contributed by atoms with Gasteiger partial charge < -0.3 is 35.4 Å². The lowest BCUT2D eigenvalue weighted by Gasteiger charge is -2.41. The zero-order chi connectivity index (χ0) is 53.7. The van der Waals surface area contributed by atoms with Gasteiger partial charge in [-0.3, -0.25) is 29.3 Å². The molecule has 4 aromatic carbocycles. The molecular formula is C55H60ClF5N8O7. The number of aliphatic hydroxyl groups excluding tert-OH is 1. The number of fused-ring (bicyclic) bond motifs is 2. The van der Waals surface area contributed by atoms with Gasteiger partial charge in [0.25, 0.3) is 0 Å². The number of urea groups is 1. The van der Waals surface area contributed by atoms with Crippen molar-refractivity contribution in [2.75, 3.05) is 63.9 Å². The van der Waals surface area contributed by atoms with E-state index in [1.165, 1.54) is 34.8 Å². The van der Waals surface area contributed by atoms with Crippen LogP contribution >= 0.6 is 11.6 Å². The van der Waals surface area contributed by atoms with Gasteiger partial charge in [-0.15, -0.1) is 0 Å². The zero-order valence-corrected chi connectivity index (χ0v) is 42.9. The molecule has 4 atom stereocenters. The monoisotopic (exact) mass is 1070 g/mol. The molecule has 5 N–H and O–H groups in total. The lowest BCUT2D eigenvalue weighted by molar-refractivity contribution is -0.140. The predicted molar refractivity (Wildman–Crippen MR) is 273 cm³/mol. The summed E-state index contributed by atoms with van der Waals surface area (Å²) < 4.78 is 94.0. The number of aliphatic hydroxyl groups is 1. The summed E-state index contributed by atoms with van der Waals surface area (Å²) in [6.07, 6.45) is 2.59. The van der Waals surface area contributed by atoms with E-state index in [1.54, 1.807) is 4.90 Å². The fourth-order valence-corrected chi connectivity index (χ4v) is 12.6. The Balaban J connectivity index is 0.749. The van der Waals surface area contributed by atoms with Crippen molar-refractivity contribution in [1.82, 2.24) is 30.2 Å². The SMILES string of the molecule is CC1c2c(cc(F)c(Cl)c2-c2c(C(N)=O)ccc(OCCO)c2F)OC1(CNC1CCC(C(=O)N2CCC(CN3CCC(c4c(F)cc5c(N6CCC(=O)NC6=O)nn(C)c5c4F)CC3)C(F)C2)CC1)c1ccccc1. The van der Waals surface area contributed by atoms with Gasteiger partial charge in [0.05, 0.1) is 29.1 Å². The third-order valence-electron chi connectivity index (χ3n) is 16.4. The van der Waals surface area contributed by atoms with E-state index in [1.807, 2.05) is 37.3 Å². The third kappa shape index (κ3) is 9.74. The van der Waals surface area contributed by atoms with Crippen LogP contribution in [-0.2, 0) is 22.2 Å². The van der Waals surface area contributed by atoms with Crippen LogP contribution in [0.3, 0.4) is 0 Å². The van der Waals surface area contributed by atoms with Gasteiger partial charge in [-0.25, -0.2) is 26.7 Å². The van der Waals surface area contributed by atoms with Gasteiger partial charge >= 0.3 is 6.03 Å². The molecular weight excluding hydrogens is 1020 g/mol. The van der Waals surface area contributed by atoms with Crippen molar-refractivity contribution >= 4 is 52.1 Å². The van der Waals surface area contributed by atoms with E-state index in [-0.39, 0.29) is 107 Å². The summed E-state index contributed by atoms with van der Waals surface area (Å²) in [5.74, 6) is -6.62. The van der Waals surface area contributed by atoms with Crippen molar-refractivity contribution in [1.29, 1.82) is 0 Å². The molecule has 0 bridgehead atoms. The summed E-state index contributed by atoms with van der Waals surface area (Å²) in [5, 5.41) is 19.3. The summed E-state index contributed by atoms with van der Waals surface area (Å²) in [7, 11) is 1.52. The lowest BCUT2D eigenvalue weighted by Crippen LogP contribution is -2.51. The molecule has 5 aliphatic rings. The molecule has 5 aromatic rings. The van der Waals surface area contributed by atoms with Crippen LogP contribution in [0.15, 0.2) is 54.6 Å². The number of primary amides is 1. The van der Waals surface area contributed by atoms with Gasteiger partial charge in [0.15, 0.2) is 28.8 Å². The number of aromatic nitrogens is 2. The first kappa shape index (κ1) is 53.1. The highest BCUT2D eigenvalue weighted by atomic mass is 35.5. The van der Waals surface area contributed by atoms with E-state index in [0.717, 1.165) is 11.6 Å². The van der Waals surface area contributed by atoms with Gasteiger partial charge in [-0.1, -0.05) is 48.9 Å². The predicted octanol–water partition coefficient (Wildman–Crippen LogP) is 7.97. The molecule has 3 saturated heterocycles. The maximum absolute atomic E-state index is 16.5. The number of nitrogens with two attached hydrogens (primary N) is 1. The number of nitrogens with one attached hydrogen (secondary N) is 2. The Kier molecular flexibility index (Phi) is 15.1. The van der Waals surface area contributed by atoms with Gasteiger partial charge in [0, 0.05) is 91.8 Å². The Morgan fingerprint density at radius 1 is 0.934 bits per heavy atom. The molecule has 5 heterocycles. The Labute approximate surface area is 440 Å². The van der Waals surface area contributed by atoms with Crippen molar-refractivity contribution in [2.24, 2.45) is 24.6 Å². The van der Waals surface area contributed by atoms with Crippen LogP contribution in [0.5, 0.6) is 11.5 Å².